The Bertz CT molecular complexity index is 611. The molecule has 3 rings (SSSR count). The minimum absolute atomic E-state index is 0.148. The third-order valence-corrected chi connectivity index (χ3v) is 3.26. The number of benzene rings is 2. The van der Waals surface area contributed by atoms with Crippen molar-refractivity contribution in [2.24, 2.45) is 0 Å². The van der Waals surface area contributed by atoms with Crippen LogP contribution in [0.5, 0.6) is 5.75 Å². The Morgan fingerprint density at radius 2 is 1.61 bits per heavy atom. The van der Waals surface area contributed by atoms with Gasteiger partial charge in [0.2, 0.25) is 0 Å². The molecule has 1 heterocycles. The van der Waals surface area contributed by atoms with Gasteiger partial charge in [-0.2, -0.15) is 0 Å². The Kier molecular flexibility index (Phi) is 2.52. The predicted molar refractivity (Wildman–Crippen MR) is 75.4 cm³/mol. The second kappa shape index (κ2) is 4.19. The predicted octanol–water partition coefficient (Wildman–Crippen LogP) is 4.17. The van der Waals surface area contributed by atoms with Gasteiger partial charge in [-0.05, 0) is 17.2 Å². The second-order valence-corrected chi connectivity index (χ2v) is 4.41. The zero-order valence-electron chi connectivity index (χ0n) is 10.1. The van der Waals surface area contributed by atoms with Crippen LogP contribution in [0.25, 0.3) is 11.1 Å². The van der Waals surface area contributed by atoms with E-state index in [4.69, 9.17) is 4.74 Å². The average molecular weight is 234 g/mol. The number of para-hydroxylation sites is 1. The van der Waals surface area contributed by atoms with E-state index in [1.807, 2.05) is 54.6 Å². The average Bonchev–Trinajstić information content (AvgIpc) is 2.77. The fourth-order valence-corrected chi connectivity index (χ4v) is 2.26. The first-order valence-electron chi connectivity index (χ1n) is 5.96. The van der Waals surface area contributed by atoms with Gasteiger partial charge in [0.1, 0.15) is 11.9 Å². The number of hydrogen-bond acceptors (Lipinski definition) is 1. The lowest BCUT2D eigenvalue weighted by Gasteiger charge is -2.15. The van der Waals surface area contributed by atoms with E-state index in [2.05, 4.69) is 13.2 Å². The van der Waals surface area contributed by atoms with Crippen LogP contribution < -0.4 is 4.74 Å². The normalized spacial score (nSPS) is 17.1. The summed E-state index contributed by atoms with van der Waals surface area (Å²) in [6.07, 6.45) is -0.148. The molecule has 0 amide bonds. The van der Waals surface area contributed by atoms with Gasteiger partial charge in [0.05, 0.1) is 0 Å². The second-order valence-electron chi connectivity index (χ2n) is 4.41. The molecule has 1 atom stereocenters. The molecule has 1 nitrogen and oxygen atoms in total. The molecule has 88 valence electrons. The maximum absolute atomic E-state index is 5.94. The quantitative estimate of drug-likeness (QED) is 0.757. The molecule has 1 aliphatic heterocycles. The van der Waals surface area contributed by atoms with Gasteiger partial charge in [-0.25, -0.2) is 0 Å². The van der Waals surface area contributed by atoms with E-state index in [0.29, 0.717) is 0 Å². The Hall–Kier alpha value is -2.28. The molecular formula is C17H14O. The van der Waals surface area contributed by atoms with Crippen molar-refractivity contribution in [1.29, 1.82) is 0 Å². The van der Waals surface area contributed by atoms with Crippen molar-refractivity contribution in [3.05, 3.63) is 78.9 Å². The zero-order chi connectivity index (χ0) is 12.5. The third-order valence-electron chi connectivity index (χ3n) is 3.26. The number of rotatable bonds is 2. The van der Waals surface area contributed by atoms with Gasteiger partial charge in [-0.15, -0.1) is 0 Å². The molecule has 1 heteroatoms. The fraction of sp³-hybridized carbons (Fsp3) is 0.0588. The van der Waals surface area contributed by atoms with Crippen molar-refractivity contribution in [3.63, 3.8) is 0 Å². The number of hydrogen-bond donors (Lipinski definition) is 0. The van der Waals surface area contributed by atoms with E-state index in [0.717, 1.165) is 28.0 Å². The van der Waals surface area contributed by atoms with Crippen molar-refractivity contribution in [2.45, 2.75) is 6.10 Å². The molecule has 18 heavy (non-hydrogen) atoms. The van der Waals surface area contributed by atoms with Gasteiger partial charge in [-0.3, -0.25) is 0 Å². The largest absolute Gasteiger partial charge is 0.480 e. The zero-order valence-corrected chi connectivity index (χ0v) is 10.1. The Morgan fingerprint density at radius 1 is 0.944 bits per heavy atom. The van der Waals surface area contributed by atoms with Gasteiger partial charge in [0.25, 0.3) is 0 Å². The van der Waals surface area contributed by atoms with Crippen LogP contribution in [-0.2, 0) is 0 Å². The van der Waals surface area contributed by atoms with Crippen molar-refractivity contribution in [1.82, 2.24) is 0 Å². The lowest BCUT2D eigenvalue weighted by atomic mass is 9.95. The minimum Gasteiger partial charge on any atom is -0.480 e. The summed E-state index contributed by atoms with van der Waals surface area (Å²) in [5.74, 6) is 0.893. The van der Waals surface area contributed by atoms with E-state index in [-0.39, 0.29) is 6.10 Å². The molecule has 2 aromatic carbocycles. The summed E-state index contributed by atoms with van der Waals surface area (Å²) < 4.78 is 5.94. The molecule has 0 saturated heterocycles. The van der Waals surface area contributed by atoms with Crippen molar-refractivity contribution in [2.75, 3.05) is 0 Å². The SMILES string of the molecule is C=C(c1ccccc1)C1Oc2ccccc2C1=C. The molecule has 2 aromatic rings. The maximum Gasteiger partial charge on any atom is 0.149 e. The van der Waals surface area contributed by atoms with Crippen LogP contribution in [0.4, 0.5) is 0 Å². The summed E-state index contributed by atoms with van der Waals surface area (Å²) in [5, 5.41) is 0. The van der Waals surface area contributed by atoms with Crippen LogP contribution in [0.15, 0.2) is 67.8 Å². The highest BCUT2D eigenvalue weighted by atomic mass is 16.5. The summed E-state index contributed by atoms with van der Waals surface area (Å²) in [5.41, 5.74) is 4.12. The monoisotopic (exact) mass is 234 g/mol. The Balaban J connectivity index is 1.94. The highest BCUT2D eigenvalue weighted by molar-refractivity contribution is 5.87. The first-order chi connectivity index (χ1) is 8.77. The van der Waals surface area contributed by atoms with Crippen molar-refractivity contribution < 1.29 is 4.74 Å². The highest BCUT2D eigenvalue weighted by Gasteiger charge is 2.29. The summed E-state index contributed by atoms with van der Waals surface area (Å²) in [7, 11) is 0. The van der Waals surface area contributed by atoms with Crippen LogP contribution >= 0.6 is 0 Å². The minimum atomic E-state index is -0.148. The van der Waals surface area contributed by atoms with E-state index in [9.17, 15) is 0 Å². The lowest BCUT2D eigenvalue weighted by molar-refractivity contribution is 0.332. The van der Waals surface area contributed by atoms with Gasteiger partial charge in [0.15, 0.2) is 0 Å². The summed E-state index contributed by atoms with van der Waals surface area (Å²) in [6.45, 7) is 8.29. The van der Waals surface area contributed by atoms with Gasteiger partial charge in [0, 0.05) is 11.1 Å². The molecule has 0 spiro atoms. The van der Waals surface area contributed by atoms with Crippen molar-refractivity contribution >= 4 is 11.1 Å². The van der Waals surface area contributed by atoms with E-state index in [1.54, 1.807) is 0 Å². The molecular weight excluding hydrogens is 220 g/mol. The topological polar surface area (TPSA) is 9.23 Å². The first kappa shape index (κ1) is 10.8. The van der Waals surface area contributed by atoms with Gasteiger partial charge >= 0.3 is 0 Å². The molecule has 0 aliphatic carbocycles. The summed E-state index contributed by atoms with van der Waals surface area (Å²) >= 11 is 0. The standard InChI is InChI=1S/C17H14O/c1-12(14-8-4-3-5-9-14)17-13(2)15-10-6-7-11-16(15)18-17/h3-11,17H,1-2H2. The van der Waals surface area contributed by atoms with Crippen LogP contribution in [0.3, 0.4) is 0 Å². The highest BCUT2D eigenvalue weighted by Crippen LogP contribution is 2.40. The van der Waals surface area contributed by atoms with Crippen LogP contribution in [0, 0.1) is 0 Å². The Morgan fingerprint density at radius 3 is 2.33 bits per heavy atom. The molecule has 0 aromatic heterocycles. The van der Waals surface area contributed by atoms with Crippen LogP contribution in [0.1, 0.15) is 11.1 Å². The molecule has 0 radical (unpaired) electrons. The molecule has 0 fully saturated rings. The van der Waals surface area contributed by atoms with E-state index >= 15 is 0 Å². The summed E-state index contributed by atoms with van der Waals surface area (Å²) in [6, 6.07) is 18.1. The lowest BCUT2D eigenvalue weighted by Crippen LogP contribution is -2.13. The third kappa shape index (κ3) is 1.65. The molecule has 0 N–H and O–H groups in total. The molecule has 0 saturated carbocycles. The molecule has 0 bridgehead atoms. The first-order valence-corrected chi connectivity index (χ1v) is 5.96. The maximum atomic E-state index is 5.94. The van der Waals surface area contributed by atoms with E-state index in [1.165, 1.54) is 0 Å². The molecule has 1 unspecified atom stereocenters. The van der Waals surface area contributed by atoms with Gasteiger partial charge in [-0.1, -0.05) is 61.7 Å². The van der Waals surface area contributed by atoms with Crippen LogP contribution in [-0.4, -0.2) is 6.10 Å². The van der Waals surface area contributed by atoms with Gasteiger partial charge < -0.3 is 4.74 Å². The molecule has 1 aliphatic rings. The van der Waals surface area contributed by atoms with E-state index < -0.39 is 0 Å². The van der Waals surface area contributed by atoms with Crippen molar-refractivity contribution in [3.8, 4) is 5.75 Å². The van der Waals surface area contributed by atoms with Crippen LogP contribution in [0.2, 0.25) is 0 Å². The number of ether oxygens (including phenoxy) is 1. The Labute approximate surface area is 107 Å². The number of fused-ring (bicyclic) bond motifs is 1. The fourth-order valence-electron chi connectivity index (χ4n) is 2.26. The smallest absolute Gasteiger partial charge is 0.149 e. The summed E-state index contributed by atoms with van der Waals surface area (Å²) in [4.78, 5) is 0.